The predicted octanol–water partition coefficient (Wildman–Crippen LogP) is 6.22. The molecule has 42 heavy (non-hydrogen) atoms. The number of nitrogens with zero attached hydrogens (tertiary/aromatic N) is 2. The minimum absolute atomic E-state index is 0.0535. The molecular formula is C31H22Br2Cl2N2O5. The number of anilines is 1. The first-order valence-electron chi connectivity index (χ1n) is 13.4. The van der Waals surface area contributed by atoms with E-state index in [2.05, 4.69) is 31.9 Å². The first-order chi connectivity index (χ1) is 20.0. The normalized spacial score (nSPS) is 32.2. The maximum absolute atomic E-state index is 14.1. The highest BCUT2D eigenvalue weighted by atomic mass is 79.9. The molecule has 0 spiro atoms. The van der Waals surface area contributed by atoms with Crippen LogP contribution in [0.2, 0.25) is 0 Å². The van der Waals surface area contributed by atoms with Crippen molar-refractivity contribution in [2.45, 2.75) is 28.5 Å². The first-order valence-corrected chi connectivity index (χ1v) is 16.1. The lowest BCUT2D eigenvalue weighted by Gasteiger charge is -2.51. The number of hydrogen-bond acceptors (Lipinski definition) is 5. The fraction of sp³-hybridized carbons (Fsp3) is 0.290. The van der Waals surface area contributed by atoms with Gasteiger partial charge in [-0.15, -0.1) is 23.2 Å². The monoisotopic (exact) mass is 730 g/mol. The summed E-state index contributed by atoms with van der Waals surface area (Å²) in [6.45, 7) is 0. The van der Waals surface area contributed by atoms with E-state index in [1.807, 2.05) is 18.2 Å². The molecule has 4 amide bonds. The van der Waals surface area contributed by atoms with E-state index in [0.717, 1.165) is 9.37 Å². The number of halogens is 4. The lowest BCUT2D eigenvalue weighted by atomic mass is 9.56. The van der Waals surface area contributed by atoms with E-state index in [-0.39, 0.29) is 35.9 Å². The Morgan fingerprint density at radius 3 is 2.26 bits per heavy atom. The standard InChI is InChI=1S/C31H22Br2Cl2N2O5/c32-14-36-28(41)30(34)13-22-20(9-10-21-24(22)27(40)37(26(21)39)16-7-5-15(33)6-8-16)25(31(30,35)29(36)42)19-11-12-23(38)18-4-2-1-3-17(18)19/h1-9,11-12,21-22,24-25,38H,10,13-14H2/t21-,22+,24-,25-,30+,31-/m0/s1. The van der Waals surface area contributed by atoms with Gasteiger partial charge in [0.25, 0.3) is 11.8 Å². The number of allylic oxidation sites excluding steroid dienone is 2. The van der Waals surface area contributed by atoms with E-state index in [1.165, 1.54) is 11.0 Å². The maximum atomic E-state index is 14.1. The van der Waals surface area contributed by atoms with Crippen molar-refractivity contribution in [2.24, 2.45) is 17.8 Å². The molecule has 214 valence electrons. The average molecular weight is 733 g/mol. The molecule has 3 aromatic carbocycles. The molecule has 0 aromatic heterocycles. The zero-order valence-corrected chi connectivity index (χ0v) is 26.5. The fourth-order valence-electron chi connectivity index (χ4n) is 7.50. The number of hydrogen-bond donors (Lipinski definition) is 1. The van der Waals surface area contributed by atoms with Crippen LogP contribution in [0.15, 0.2) is 76.8 Å². The van der Waals surface area contributed by atoms with E-state index in [1.54, 1.807) is 42.5 Å². The molecule has 11 heteroatoms. The number of imide groups is 2. The third kappa shape index (κ3) is 3.51. The summed E-state index contributed by atoms with van der Waals surface area (Å²) in [5, 5.41) is 11.8. The Labute approximate surface area is 267 Å². The fourth-order valence-corrected chi connectivity index (χ4v) is 9.18. The maximum Gasteiger partial charge on any atom is 0.254 e. The van der Waals surface area contributed by atoms with Crippen molar-refractivity contribution >= 4 is 95.2 Å². The molecule has 7 nitrogen and oxygen atoms in total. The molecule has 1 saturated carbocycles. The molecule has 7 rings (SSSR count). The van der Waals surface area contributed by atoms with Crippen LogP contribution in [0.1, 0.15) is 24.3 Å². The molecule has 6 atom stereocenters. The number of carbonyl (C=O) groups is 4. The van der Waals surface area contributed by atoms with Gasteiger partial charge in [0, 0.05) is 15.8 Å². The molecule has 0 radical (unpaired) electrons. The van der Waals surface area contributed by atoms with Gasteiger partial charge in [-0.05, 0) is 60.0 Å². The lowest BCUT2D eigenvalue weighted by molar-refractivity contribution is -0.138. The van der Waals surface area contributed by atoms with Crippen molar-refractivity contribution < 1.29 is 24.3 Å². The molecule has 0 unspecified atom stereocenters. The van der Waals surface area contributed by atoms with Crippen molar-refractivity contribution in [1.82, 2.24) is 4.90 Å². The van der Waals surface area contributed by atoms with Gasteiger partial charge >= 0.3 is 0 Å². The zero-order chi connectivity index (χ0) is 29.7. The molecule has 1 N–H and O–H groups in total. The van der Waals surface area contributed by atoms with E-state index >= 15 is 0 Å². The van der Waals surface area contributed by atoms with Gasteiger partial charge in [-0.25, -0.2) is 0 Å². The average Bonchev–Trinajstić information content (AvgIpc) is 3.32. The van der Waals surface area contributed by atoms with Crippen molar-refractivity contribution in [1.29, 1.82) is 0 Å². The van der Waals surface area contributed by atoms with E-state index in [9.17, 15) is 24.3 Å². The van der Waals surface area contributed by atoms with E-state index in [4.69, 9.17) is 23.2 Å². The number of amides is 4. The van der Waals surface area contributed by atoms with Crippen LogP contribution < -0.4 is 4.90 Å². The van der Waals surface area contributed by atoms with Crippen LogP contribution in [-0.4, -0.2) is 48.8 Å². The Hall–Kier alpha value is -2.72. The van der Waals surface area contributed by atoms with Crippen LogP contribution >= 0.6 is 55.1 Å². The number of phenols is 1. The highest BCUT2D eigenvalue weighted by Gasteiger charge is 2.76. The van der Waals surface area contributed by atoms with Gasteiger partial charge in [-0.3, -0.25) is 29.0 Å². The van der Waals surface area contributed by atoms with Crippen LogP contribution in [-0.2, 0) is 19.2 Å². The molecule has 3 fully saturated rings. The van der Waals surface area contributed by atoms with Gasteiger partial charge in [0.15, 0.2) is 9.75 Å². The topological polar surface area (TPSA) is 95.0 Å². The first kappa shape index (κ1) is 28.1. The second kappa shape index (κ2) is 9.64. The van der Waals surface area contributed by atoms with Crippen molar-refractivity contribution in [2.75, 3.05) is 10.4 Å². The summed E-state index contributed by atoms with van der Waals surface area (Å²) in [6.07, 6.45) is 2.09. The van der Waals surface area contributed by atoms with E-state index in [0.29, 0.717) is 27.6 Å². The Balaban J connectivity index is 1.44. The molecule has 2 aliphatic carbocycles. The third-order valence-corrected chi connectivity index (χ3v) is 11.8. The van der Waals surface area contributed by atoms with Crippen molar-refractivity contribution in [3.63, 3.8) is 0 Å². The summed E-state index contributed by atoms with van der Waals surface area (Å²) in [7, 11) is 0. The number of alkyl halides is 3. The van der Waals surface area contributed by atoms with Crippen LogP contribution in [0, 0.1) is 17.8 Å². The van der Waals surface area contributed by atoms with Crippen LogP contribution in [0.4, 0.5) is 5.69 Å². The van der Waals surface area contributed by atoms with Crippen LogP contribution in [0.25, 0.3) is 10.8 Å². The number of benzene rings is 3. The summed E-state index contributed by atoms with van der Waals surface area (Å²) in [6, 6.07) is 17.4. The molecule has 0 bridgehead atoms. The molecule has 2 saturated heterocycles. The zero-order valence-electron chi connectivity index (χ0n) is 21.8. The quantitative estimate of drug-likeness (QED) is 0.149. The minimum Gasteiger partial charge on any atom is -0.507 e. The minimum atomic E-state index is -1.91. The summed E-state index contributed by atoms with van der Waals surface area (Å²) in [4.78, 5) is 54.2. The number of phenolic OH excluding ortho intramolecular Hbond substituents is 1. The molecule has 4 aliphatic rings. The van der Waals surface area contributed by atoms with Gasteiger partial charge in [0.05, 0.1) is 23.0 Å². The number of likely N-dealkylation sites (tertiary alicyclic amines) is 1. The summed E-state index contributed by atoms with van der Waals surface area (Å²) < 4.78 is 0.811. The van der Waals surface area contributed by atoms with Crippen LogP contribution in [0.5, 0.6) is 5.75 Å². The second-order valence-electron chi connectivity index (χ2n) is 11.2. The number of fused-ring (bicyclic) bond motifs is 5. The highest BCUT2D eigenvalue weighted by Crippen LogP contribution is 2.66. The largest absolute Gasteiger partial charge is 0.507 e. The lowest BCUT2D eigenvalue weighted by Crippen LogP contribution is -2.60. The summed E-state index contributed by atoms with van der Waals surface area (Å²) in [5.41, 5.74) is 1.68. The molecular weight excluding hydrogens is 711 g/mol. The Bertz CT molecular complexity index is 1760. The molecule has 3 aromatic rings. The third-order valence-electron chi connectivity index (χ3n) is 9.35. The number of rotatable bonds is 3. The predicted molar refractivity (Wildman–Crippen MR) is 166 cm³/mol. The molecule has 2 aliphatic heterocycles. The van der Waals surface area contributed by atoms with Crippen LogP contribution in [0.3, 0.4) is 0 Å². The Kier molecular flexibility index (Phi) is 6.45. The Morgan fingerprint density at radius 1 is 0.881 bits per heavy atom. The Morgan fingerprint density at radius 2 is 1.57 bits per heavy atom. The SMILES string of the molecule is O=C1[C@H]2[C@H](CC=C3[C@H]2C[C@@]2(Cl)C(=O)N(CBr)C(=O)[C@@]2(Cl)[C@H]3c2ccc(O)c3ccccc23)C(=O)N1c1ccc(Br)cc1. The van der Waals surface area contributed by atoms with Gasteiger partial charge in [-0.1, -0.05) is 73.8 Å². The smallest absolute Gasteiger partial charge is 0.254 e. The summed E-state index contributed by atoms with van der Waals surface area (Å²) >= 11 is 21.3. The number of aromatic hydroxyl groups is 1. The van der Waals surface area contributed by atoms with E-state index < -0.39 is 45.2 Å². The summed E-state index contributed by atoms with van der Waals surface area (Å²) in [5.74, 6) is -4.86. The van der Waals surface area contributed by atoms with Gasteiger partial charge < -0.3 is 5.11 Å². The van der Waals surface area contributed by atoms with Gasteiger partial charge in [0.2, 0.25) is 11.8 Å². The highest BCUT2D eigenvalue weighted by molar-refractivity contribution is 9.10. The van der Waals surface area contributed by atoms with Gasteiger partial charge in [-0.2, -0.15) is 0 Å². The molecule has 2 heterocycles. The van der Waals surface area contributed by atoms with Gasteiger partial charge in [0.1, 0.15) is 5.75 Å². The van der Waals surface area contributed by atoms with Crippen molar-refractivity contribution in [3.05, 3.63) is 82.3 Å². The number of carbonyl (C=O) groups excluding carboxylic acids is 4. The second-order valence-corrected chi connectivity index (χ2v) is 13.9. The van der Waals surface area contributed by atoms with Crippen molar-refractivity contribution in [3.8, 4) is 5.75 Å².